The molecule has 7 nitrogen and oxygen atoms in total. The molecular weight excluding hydrogens is 264 g/mol. The SMILES string of the molecule is O=Nc1ccc(OC(=O)OCCN2CCOCC2)cc1. The summed E-state index contributed by atoms with van der Waals surface area (Å²) in [5, 5.41) is 2.75. The van der Waals surface area contributed by atoms with Crippen LogP contribution in [-0.2, 0) is 9.47 Å². The number of nitrogens with zero attached hydrogens (tertiary/aromatic N) is 2. The Morgan fingerprint density at radius 1 is 1.25 bits per heavy atom. The molecule has 0 amide bonds. The van der Waals surface area contributed by atoms with Gasteiger partial charge in [-0.25, -0.2) is 4.79 Å². The number of benzene rings is 1. The van der Waals surface area contributed by atoms with Crippen molar-refractivity contribution in [2.75, 3.05) is 39.5 Å². The lowest BCUT2D eigenvalue weighted by Gasteiger charge is -2.25. The van der Waals surface area contributed by atoms with Crippen LogP contribution >= 0.6 is 0 Å². The van der Waals surface area contributed by atoms with E-state index in [0.29, 0.717) is 25.5 Å². The maximum Gasteiger partial charge on any atom is 0.513 e. The molecule has 0 bridgehead atoms. The van der Waals surface area contributed by atoms with E-state index in [1.807, 2.05) is 0 Å². The maximum absolute atomic E-state index is 11.4. The Bertz CT molecular complexity index is 443. The Balaban J connectivity index is 1.67. The van der Waals surface area contributed by atoms with Crippen LogP contribution in [0, 0.1) is 4.91 Å². The van der Waals surface area contributed by atoms with E-state index < -0.39 is 6.16 Å². The van der Waals surface area contributed by atoms with Crippen LogP contribution in [0.3, 0.4) is 0 Å². The van der Waals surface area contributed by atoms with Crippen molar-refractivity contribution in [1.82, 2.24) is 4.90 Å². The molecule has 1 aliphatic rings. The van der Waals surface area contributed by atoms with Gasteiger partial charge >= 0.3 is 6.16 Å². The topological polar surface area (TPSA) is 77.4 Å². The normalized spacial score (nSPS) is 15.6. The van der Waals surface area contributed by atoms with Crippen LogP contribution in [0.25, 0.3) is 0 Å². The molecule has 0 atom stereocenters. The van der Waals surface area contributed by atoms with Gasteiger partial charge in [0, 0.05) is 19.6 Å². The predicted molar refractivity (Wildman–Crippen MR) is 71.1 cm³/mol. The van der Waals surface area contributed by atoms with Crippen molar-refractivity contribution >= 4 is 11.8 Å². The highest BCUT2D eigenvalue weighted by Gasteiger charge is 2.11. The zero-order valence-electron chi connectivity index (χ0n) is 11.0. The smallest absolute Gasteiger partial charge is 0.433 e. The van der Waals surface area contributed by atoms with Crippen molar-refractivity contribution in [2.45, 2.75) is 0 Å². The van der Waals surface area contributed by atoms with E-state index in [2.05, 4.69) is 10.1 Å². The molecule has 2 rings (SSSR count). The molecule has 0 unspecified atom stereocenters. The molecule has 1 aromatic carbocycles. The van der Waals surface area contributed by atoms with Gasteiger partial charge in [0.05, 0.1) is 13.2 Å². The average Bonchev–Trinajstić information content (AvgIpc) is 2.49. The van der Waals surface area contributed by atoms with E-state index in [1.54, 1.807) is 0 Å². The first kappa shape index (κ1) is 14.4. The molecule has 7 heteroatoms. The minimum atomic E-state index is -0.759. The van der Waals surface area contributed by atoms with Crippen LogP contribution in [0.4, 0.5) is 10.5 Å². The standard InChI is InChI=1S/C13H16N2O5/c16-13(19-10-7-15-5-8-18-9-6-15)20-12-3-1-11(14-17)2-4-12/h1-4H,5-10H2. The zero-order chi connectivity index (χ0) is 14.2. The second kappa shape index (κ2) is 7.56. The Hall–Kier alpha value is -1.99. The highest BCUT2D eigenvalue weighted by Crippen LogP contribution is 2.17. The Morgan fingerprint density at radius 2 is 1.95 bits per heavy atom. The van der Waals surface area contributed by atoms with Gasteiger partial charge in [0.1, 0.15) is 18.0 Å². The Labute approximate surface area is 116 Å². The van der Waals surface area contributed by atoms with Crippen molar-refractivity contribution in [3.05, 3.63) is 29.2 Å². The highest BCUT2D eigenvalue weighted by molar-refractivity contribution is 5.64. The van der Waals surface area contributed by atoms with Gasteiger partial charge in [-0.3, -0.25) is 4.90 Å². The summed E-state index contributed by atoms with van der Waals surface area (Å²) >= 11 is 0. The number of carbonyl (C=O) groups excluding carboxylic acids is 1. The predicted octanol–water partition coefficient (Wildman–Crippen LogP) is 1.93. The lowest BCUT2D eigenvalue weighted by Crippen LogP contribution is -2.38. The molecule has 0 saturated carbocycles. The van der Waals surface area contributed by atoms with Gasteiger partial charge in [-0.1, -0.05) is 0 Å². The fourth-order valence-electron chi connectivity index (χ4n) is 1.78. The van der Waals surface area contributed by atoms with Crippen LogP contribution < -0.4 is 4.74 Å². The van der Waals surface area contributed by atoms with Gasteiger partial charge in [-0.2, -0.15) is 0 Å². The van der Waals surface area contributed by atoms with Crippen molar-refractivity contribution in [3.63, 3.8) is 0 Å². The molecule has 0 spiro atoms. The monoisotopic (exact) mass is 280 g/mol. The van der Waals surface area contributed by atoms with E-state index in [-0.39, 0.29) is 12.3 Å². The van der Waals surface area contributed by atoms with Gasteiger partial charge < -0.3 is 14.2 Å². The van der Waals surface area contributed by atoms with Gasteiger partial charge in [-0.15, -0.1) is 4.91 Å². The van der Waals surface area contributed by atoms with Crippen LogP contribution in [0.5, 0.6) is 5.75 Å². The third-order valence-electron chi connectivity index (χ3n) is 2.87. The molecule has 108 valence electrons. The number of hydrogen-bond donors (Lipinski definition) is 0. The van der Waals surface area contributed by atoms with Gasteiger partial charge in [0.2, 0.25) is 0 Å². The highest BCUT2D eigenvalue weighted by atomic mass is 16.7. The third kappa shape index (κ3) is 4.60. The number of ether oxygens (including phenoxy) is 3. The number of nitroso groups, excluding NO2 is 1. The van der Waals surface area contributed by atoms with Crippen molar-refractivity contribution in [3.8, 4) is 5.75 Å². The number of hydrogen-bond acceptors (Lipinski definition) is 7. The first-order chi connectivity index (χ1) is 9.78. The van der Waals surface area contributed by atoms with E-state index >= 15 is 0 Å². The Morgan fingerprint density at radius 3 is 2.60 bits per heavy atom. The summed E-state index contributed by atoms with van der Waals surface area (Å²) in [6.45, 7) is 4.04. The molecule has 1 aliphatic heterocycles. The second-order valence-electron chi connectivity index (χ2n) is 4.24. The molecule has 1 aromatic rings. The third-order valence-corrected chi connectivity index (χ3v) is 2.87. The van der Waals surface area contributed by atoms with Crippen LogP contribution in [0.15, 0.2) is 29.4 Å². The summed E-state index contributed by atoms with van der Waals surface area (Å²) in [6, 6.07) is 5.90. The van der Waals surface area contributed by atoms with Crippen molar-refractivity contribution in [2.24, 2.45) is 5.18 Å². The average molecular weight is 280 g/mol. The first-order valence-corrected chi connectivity index (χ1v) is 6.36. The minimum Gasteiger partial charge on any atom is -0.433 e. The summed E-state index contributed by atoms with van der Waals surface area (Å²) in [4.78, 5) is 23.8. The molecule has 0 N–H and O–H groups in total. The number of carbonyl (C=O) groups is 1. The molecule has 0 radical (unpaired) electrons. The molecule has 20 heavy (non-hydrogen) atoms. The van der Waals surface area contributed by atoms with Crippen molar-refractivity contribution in [1.29, 1.82) is 0 Å². The largest absolute Gasteiger partial charge is 0.513 e. The summed E-state index contributed by atoms with van der Waals surface area (Å²) in [6.07, 6.45) is -0.759. The van der Waals surface area contributed by atoms with Gasteiger partial charge in [0.15, 0.2) is 0 Å². The van der Waals surface area contributed by atoms with Crippen molar-refractivity contribution < 1.29 is 19.0 Å². The maximum atomic E-state index is 11.4. The molecule has 0 aromatic heterocycles. The first-order valence-electron chi connectivity index (χ1n) is 6.36. The molecular formula is C13H16N2O5. The van der Waals surface area contributed by atoms with E-state index in [9.17, 15) is 9.70 Å². The zero-order valence-corrected chi connectivity index (χ0v) is 11.0. The van der Waals surface area contributed by atoms with Crippen LogP contribution in [0.1, 0.15) is 0 Å². The quantitative estimate of drug-likeness (QED) is 0.466. The van der Waals surface area contributed by atoms with E-state index in [4.69, 9.17) is 14.2 Å². The number of morpholine rings is 1. The van der Waals surface area contributed by atoms with Crippen LogP contribution in [-0.4, -0.2) is 50.5 Å². The fourth-order valence-corrected chi connectivity index (χ4v) is 1.78. The second-order valence-corrected chi connectivity index (χ2v) is 4.24. The van der Waals surface area contributed by atoms with E-state index in [0.717, 1.165) is 13.1 Å². The molecule has 1 heterocycles. The summed E-state index contributed by atoms with van der Waals surface area (Å²) in [5.41, 5.74) is 0.276. The molecule has 0 aliphatic carbocycles. The van der Waals surface area contributed by atoms with Gasteiger partial charge in [-0.05, 0) is 29.4 Å². The minimum absolute atomic E-state index is 0.271. The summed E-state index contributed by atoms with van der Waals surface area (Å²) in [7, 11) is 0. The fraction of sp³-hybridized carbons (Fsp3) is 0.462. The van der Waals surface area contributed by atoms with Gasteiger partial charge in [0.25, 0.3) is 0 Å². The lowest BCUT2D eigenvalue weighted by atomic mass is 10.3. The number of rotatable bonds is 5. The summed E-state index contributed by atoms with van der Waals surface area (Å²) in [5.74, 6) is 0.314. The summed E-state index contributed by atoms with van der Waals surface area (Å²) < 4.78 is 15.2. The molecule has 1 saturated heterocycles. The molecule has 1 fully saturated rings. The Kier molecular flexibility index (Phi) is 5.45. The van der Waals surface area contributed by atoms with Crippen LogP contribution in [0.2, 0.25) is 0 Å². The lowest BCUT2D eigenvalue weighted by molar-refractivity contribution is 0.0240. The van der Waals surface area contributed by atoms with E-state index in [1.165, 1.54) is 24.3 Å².